The number of fused-ring (bicyclic) bond motifs is 1. The van der Waals surface area contributed by atoms with Gasteiger partial charge in [0.15, 0.2) is 0 Å². The summed E-state index contributed by atoms with van der Waals surface area (Å²) in [7, 11) is 0. The van der Waals surface area contributed by atoms with E-state index in [1.807, 2.05) is 31.2 Å². The first kappa shape index (κ1) is 11.6. The first-order valence-electron chi connectivity index (χ1n) is 5.79. The molecule has 0 N–H and O–H groups in total. The van der Waals surface area contributed by atoms with E-state index < -0.39 is 0 Å². The summed E-state index contributed by atoms with van der Waals surface area (Å²) in [5.41, 5.74) is 1.96. The van der Waals surface area contributed by atoms with Crippen molar-refractivity contribution in [1.29, 1.82) is 0 Å². The lowest BCUT2D eigenvalue weighted by Crippen LogP contribution is -2.22. The minimum atomic E-state index is -0.176. The van der Waals surface area contributed by atoms with Gasteiger partial charge in [0.1, 0.15) is 0 Å². The predicted octanol–water partition coefficient (Wildman–Crippen LogP) is 2.67. The Balaban J connectivity index is 2.48. The van der Waals surface area contributed by atoms with Gasteiger partial charge in [-0.05, 0) is 31.9 Å². The highest BCUT2D eigenvalue weighted by Gasteiger charge is 2.03. The molecule has 3 nitrogen and oxygen atoms in total. The molecule has 2 rings (SSSR count). The molecule has 17 heavy (non-hydrogen) atoms. The van der Waals surface area contributed by atoms with E-state index in [4.69, 9.17) is 0 Å². The lowest BCUT2D eigenvalue weighted by molar-refractivity contribution is 0.635. The summed E-state index contributed by atoms with van der Waals surface area (Å²) in [6.07, 6.45) is 5.34. The van der Waals surface area contributed by atoms with Gasteiger partial charge >= 0.3 is 5.69 Å². The highest BCUT2D eigenvalue weighted by molar-refractivity contribution is 5.78. The highest BCUT2D eigenvalue weighted by atomic mass is 16.1. The molecular weight excluding hydrogens is 212 g/mol. The number of aromatic nitrogens is 2. The molecule has 0 aliphatic heterocycles. The summed E-state index contributed by atoms with van der Waals surface area (Å²) in [6.45, 7) is 6.41. The topological polar surface area (TPSA) is 34.9 Å². The van der Waals surface area contributed by atoms with E-state index in [0.29, 0.717) is 6.54 Å². The zero-order valence-corrected chi connectivity index (χ0v) is 10.0. The monoisotopic (exact) mass is 228 g/mol. The van der Waals surface area contributed by atoms with Crippen LogP contribution in [-0.4, -0.2) is 9.55 Å². The molecule has 0 amide bonds. The van der Waals surface area contributed by atoms with E-state index >= 15 is 0 Å². The molecule has 2 aromatic rings. The van der Waals surface area contributed by atoms with Gasteiger partial charge < -0.3 is 0 Å². The van der Waals surface area contributed by atoms with Crippen molar-refractivity contribution in [1.82, 2.24) is 9.55 Å². The number of benzene rings is 1. The maximum Gasteiger partial charge on any atom is 0.348 e. The second-order valence-corrected chi connectivity index (χ2v) is 4.19. The first-order valence-corrected chi connectivity index (χ1v) is 5.79. The fraction of sp³-hybridized carbons (Fsp3) is 0.286. The molecule has 0 saturated heterocycles. The van der Waals surface area contributed by atoms with Crippen molar-refractivity contribution in [2.45, 2.75) is 26.3 Å². The molecule has 0 radical (unpaired) electrons. The molecule has 88 valence electrons. The van der Waals surface area contributed by atoms with Crippen LogP contribution in [0.5, 0.6) is 0 Å². The van der Waals surface area contributed by atoms with Crippen LogP contribution in [0.2, 0.25) is 0 Å². The molecule has 0 aliphatic carbocycles. The van der Waals surface area contributed by atoms with Gasteiger partial charge in [-0.1, -0.05) is 17.7 Å². The number of nitrogens with zero attached hydrogens (tertiary/aromatic N) is 2. The summed E-state index contributed by atoms with van der Waals surface area (Å²) >= 11 is 0. The number of hydrogen-bond donors (Lipinski definition) is 0. The zero-order valence-electron chi connectivity index (χ0n) is 10.0. The standard InChI is InChI=1S/C14H16N2O/c1-3-4-5-8-16-13-7-6-11(2)9-12(13)10-15-14(16)17/h3,6-7,9-10H,1,4-5,8H2,2H3. The van der Waals surface area contributed by atoms with E-state index in [0.717, 1.165) is 23.7 Å². The largest absolute Gasteiger partial charge is 0.348 e. The molecule has 0 fully saturated rings. The molecule has 1 heterocycles. The van der Waals surface area contributed by atoms with Crippen LogP contribution in [0.15, 0.2) is 41.8 Å². The zero-order chi connectivity index (χ0) is 12.3. The van der Waals surface area contributed by atoms with Crippen LogP contribution >= 0.6 is 0 Å². The SMILES string of the molecule is C=CCCCn1c(=O)ncc2cc(C)ccc21. The van der Waals surface area contributed by atoms with Crippen molar-refractivity contribution in [3.8, 4) is 0 Å². The van der Waals surface area contributed by atoms with Crippen molar-refractivity contribution in [3.63, 3.8) is 0 Å². The lowest BCUT2D eigenvalue weighted by Gasteiger charge is -2.08. The third-order valence-corrected chi connectivity index (χ3v) is 2.81. The van der Waals surface area contributed by atoms with Gasteiger partial charge in [0.05, 0.1) is 5.52 Å². The normalized spacial score (nSPS) is 10.6. The quantitative estimate of drug-likeness (QED) is 0.595. The van der Waals surface area contributed by atoms with Crippen molar-refractivity contribution in [2.24, 2.45) is 0 Å². The van der Waals surface area contributed by atoms with Crippen LogP contribution in [0.3, 0.4) is 0 Å². The third-order valence-electron chi connectivity index (χ3n) is 2.81. The lowest BCUT2D eigenvalue weighted by atomic mass is 10.1. The molecule has 0 atom stereocenters. The number of aryl methyl sites for hydroxylation is 2. The van der Waals surface area contributed by atoms with E-state index in [1.54, 1.807) is 10.8 Å². The second-order valence-electron chi connectivity index (χ2n) is 4.19. The first-order chi connectivity index (χ1) is 8.22. The van der Waals surface area contributed by atoms with E-state index in [-0.39, 0.29) is 5.69 Å². The van der Waals surface area contributed by atoms with E-state index in [9.17, 15) is 4.79 Å². The maximum absolute atomic E-state index is 11.7. The van der Waals surface area contributed by atoms with Gasteiger partial charge in [-0.25, -0.2) is 9.78 Å². The highest BCUT2D eigenvalue weighted by Crippen LogP contribution is 2.13. The number of unbranched alkanes of at least 4 members (excludes halogenated alkanes) is 1. The van der Waals surface area contributed by atoms with Crippen LogP contribution in [0, 0.1) is 6.92 Å². The number of hydrogen-bond acceptors (Lipinski definition) is 2. The molecule has 1 aromatic carbocycles. The molecule has 0 spiro atoms. The molecular formula is C14H16N2O. The minimum absolute atomic E-state index is 0.176. The molecule has 3 heteroatoms. The average molecular weight is 228 g/mol. The van der Waals surface area contributed by atoms with Crippen molar-refractivity contribution < 1.29 is 0 Å². The Kier molecular flexibility index (Phi) is 3.38. The van der Waals surface area contributed by atoms with Crippen LogP contribution in [0.4, 0.5) is 0 Å². The molecule has 0 aliphatic rings. The summed E-state index contributed by atoms with van der Waals surface area (Å²) in [4.78, 5) is 15.6. The molecule has 0 unspecified atom stereocenters. The van der Waals surface area contributed by atoms with Gasteiger partial charge in [-0.2, -0.15) is 0 Å². The van der Waals surface area contributed by atoms with Gasteiger partial charge in [0.2, 0.25) is 0 Å². The summed E-state index contributed by atoms with van der Waals surface area (Å²) in [5, 5.41) is 1.02. The molecule has 0 saturated carbocycles. The van der Waals surface area contributed by atoms with E-state index in [2.05, 4.69) is 11.6 Å². The van der Waals surface area contributed by atoms with Crippen molar-refractivity contribution >= 4 is 10.9 Å². The Labute approximate surface area is 100 Å². The van der Waals surface area contributed by atoms with Gasteiger partial charge in [0, 0.05) is 18.1 Å². The van der Waals surface area contributed by atoms with Crippen LogP contribution < -0.4 is 5.69 Å². The Bertz CT molecular complexity index is 599. The van der Waals surface area contributed by atoms with Crippen LogP contribution in [0.25, 0.3) is 10.9 Å². The van der Waals surface area contributed by atoms with Gasteiger partial charge in [0.25, 0.3) is 0 Å². The smallest absolute Gasteiger partial charge is 0.292 e. The van der Waals surface area contributed by atoms with Gasteiger partial charge in [-0.15, -0.1) is 6.58 Å². The minimum Gasteiger partial charge on any atom is -0.292 e. The third kappa shape index (κ3) is 2.44. The maximum atomic E-state index is 11.7. The molecule has 0 bridgehead atoms. The number of rotatable bonds is 4. The Morgan fingerprint density at radius 1 is 1.47 bits per heavy atom. The second kappa shape index (κ2) is 4.95. The Morgan fingerprint density at radius 3 is 3.06 bits per heavy atom. The van der Waals surface area contributed by atoms with Crippen molar-refractivity contribution in [3.05, 3.63) is 53.1 Å². The van der Waals surface area contributed by atoms with Crippen LogP contribution in [-0.2, 0) is 6.54 Å². The Morgan fingerprint density at radius 2 is 2.29 bits per heavy atom. The van der Waals surface area contributed by atoms with E-state index in [1.165, 1.54) is 5.56 Å². The van der Waals surface area contributed by atoms with Crippen LogP contribution in [0.1, 0.15) is 18.4 Å². The van der Waals surface area contributed by atoms with Crippen molar-refractivity contribution in [2.75, 3.05) is 0 Å². The molecule has 1 aromatic heterocycles. The van der Waals surface area contributed by atoms with Gasteiger partial charge in [-0.3, -0.25) is 4.57 Å². The number of allylic oxidation sites excluding steroid dienone is 1. The predicted molar refractivity (Wildman–Crippen MR) is 70.2 cm³/mol. The summed E-state index contributed by atoms with van der Waals surface area (Å²) in [5.74, 6) is 0. The average Bonchev–Trinajstić information content (AvgIpc) is 2.32. The summed E-state index contributed by atoms with van der Waals surface area (Å²) < 4.78 is 1.73. The Hall–Kier alpha value is -1.90. The fourth-order valence-corrected chi connectivity index (χ4v) is 1.93. The summed E-state index contributed by atoms with van der Waals surface area (Å²) in [6, 6.07) is 6.05. The fourth-order valence-electron chi connectivity index (χ4n) is 1.93.